The highest BCUT2D eigenvalue weighted by Gasteiger charge is 2.25. The first kappa shape index (κ1) is 19.1. The van der Waals surface area contributed by atoms with E-state index in [1.54, 1.807) is 22.8 Å². The number of allylic oxidation sites excluding steroid dienone is 1. The molecule has 0 saturated heterocycles. The van der Waals surface area contributed by atoms with Crippen molar-refractivity contribution in [2.75, 3.05) is 11.9 Å². The number of aromatic nitrogens is 1. The molecule has 3 amide bonds. The predicted octanol–water partition coefficient (Wildman–Crippen LogP) is 2.22. The molecule has 1 unspecified atom stereocenters. The van der Waals surface area contributed by atoms with Crippen molar-refractivity contribution in [3.8, 4) is 0 Å². The van der Waals surface area contributed by atoms with Gasteiger partial charge in [-0.2, -0.15) is 0 Å². The van der Waals surface area contributed by atoms with Crippen LogP contribution in [0.25, 0.3) is 0 Å². The maximum Gasteiger partial charge on any atom is 0.262 e. The van der Waals surface area contributed by atoms with Crippen molar-refractivity contribution in [3.63, 3.8) is 0 Å². The Hall–Kier alpha value is -2.65. The number of hydrogen-bond donors (Lipinski definition) is 2. The summed E-state index contributed by atoms with van der Waals surface area (Å²) in [4.78, 5) is 44.8. The van der Waals surface area contributed by atoms with E-state index in [0.29, 0.717) is 24.5 Å². The van der Waals surface area contributed by atoms with Gasteiger partial charge in [-0.1, -0.05) is 12.1 Å². The number of aliphatic imine (C=N–C) groups is 1. The quantitative estimate of drug-likeness (QED) is 0.661. The van der Waals surface area contributed by atoms with Gasteiger partial charge in [0.25, 0.3) is 5.91 Å². The number of nitrogens with zero attached hydrogens (tertiary/aromatic N) is 2. The predicted molar refractivity (Wildman–Crippen MR) is 106 cm³/mol. The van der Waals surface area contributed by atoms with Crippen LogP contribution in [0.3, 0.4) is 0 Å². The lowest BCUT2D eigenvalue weighted by Crippen LogP contribution is -2.28. The van der Waals surface area contributed by atoms with Crippen LogP contribution in [0.4, 0.5) is 5.13 Å². The van der Waals surface area contributed by atoms with E-state index < -0.39 is 17.7 Å². The number of dihydropyridines is 1. The summed E-state index contributed by atoms with van der Waals surface area (Å²) in [5.41, 5.74) is 0.729. The van der Waals surface area contributed by atoms with Crippen molar-refractivity contribution in [1.29, 1.82) is 0 Å². The molecule has 9 heteroatoms. The summed E-state index contributed by atoms with van der Waals surface area (Å²) in [5, 5.41) is 9.74. The van der Waals surface area contributed by atoms with Crippen molar-refractivity contribution < 1.29 is 14.4 Å². The molecule has 3 heterocycles. The molecule has 1 atom stereocenters. The third-order valence-electron chi connectivity index (χ3n) is 3.80. The molecule has 3 rings (SSSR count). The summed E-state index contributed by atoms with van der Waals surface area (Å²) in [6.07, 6.45) is 6.08. The first-order valence-corrected chi connectivity index (χ1v) is 10.2. The molecule has 0 aliphatic carbocycles. The average molecular weight is 403 g/mol. The summed E-state index contributed by atoms with van der Waals surface area (Å²) in [5.74, 6) is -1.90. The number of thiophene rings is 1. The minimum Gasteiger partial charge on any atom is -0.356 e. The van der Waals surface area contributed by atoms with Crippen LogP contribution in [0.15, 0.2) is 40.0 Å². The van der Waals surface area contributed by atoms with Crippen LogP contribution in [-0.2, 0) is 27.2 Å². The van der Waals surface area contributed by atoms with Gasteiger partial charge >= 0.3 is 0 Å². The number of carbonyl (C=O) groups excluding carboxylic acids is 3. The first-order chi connectivity index (χ1) is 13.1. The minimum atomic E-state index is -0.920. The van der Waals surface area contributed by atoms with E-state index in [0.717, 1.165) is 12.1 Å². The smallest absolute Gasteiger partial charge is 0.262 e. The van der Waals surface area contributed by atoms with Gasteiger partial charge in [-0.3, -0.25) is 14.4 Å². The van der Waals surface area contributed by atoms with Crippen molar-refractivity contribution in [2.24, 2.45) is 10.9 Å². The third kappa shape index (κ3) is 5.66. The average Bonchev–Trinajstić information content (AvgIpc) is 3.32. The molecular formula is C18H18N4O3S2. The second-order valence-corrected chi connectivity index (χ2v) is 7.68. The Morgan fingerprint density at radius 3 is 2.89 bits per heavy atom. The van der Waals surface area contributed by atoms with Gasteiger partial charge in [-0.15, -0.1) is 22.7 Å². The lowest BCUT2D eigenvalue weighted by atomic mass is 10.1. The lowest BCUT2D eigenvalue weighted by molar-refractivity contribution is -0.128. The summed E-state index contributed by atoms with van der Waals surface area (Å²) in [7, 11) is 0. The minimum absolute atomic E-state index is 0.0269. The van der Waals surface area contributed by atoms with Gasteiger partial charge in [0.05, 0.1) is 5.69 Å². The molecule has 140 valence electrons. The van der Waals surface area contributed by atoms with E-state index in [-0.39, 0.29) is 5.91 Å². The third-order valence-corrected chi connectivity index (χ3v) is 5.55. The molecule has 0 spiro atoms. The Labute approximate surface area is 164 Å². The number of aryl methyl sites for hydroxylation is 1. The van der Waals surface area contributed by atoms with Crippen LogP contribution in [0.2, 0.25) is 0 Å². The molecule has 0 saturated carbocycles. The molecule has 0 radical (unpaired) electrons. The number of thiazole rings is 1. The molecule has 0 bridgehead atoms. The van der Waals surface area contributed by atoms with E-state index in [4.69, 9.17) is 0 Å². The van der Waals surface area contributed by atoms with Crippen LogP contribution < -0.4 is 10.6 Å². The fraction of sp³-hybridized carbons (Fsp3) is 0.278. The first-order valence-electron chi connectivity index (χ1n) is 8.41. The maximum absolute atomic E-state index is 12.1. The standard InChI is InChI=1S/C18H18N4O3S2/c23-15(19-9-7-13-3-2-10-26-13)6-5-12-11-27-18(21-12)22-17(25)14-4-1-8-20-16(14)24/h1-4,8,10-11,14H,5-7,9H2,(H,19,23)(H,21,22,25). The van der Waals surface area contributed by atoms with Crippen LogP contribution in [0, 0.1) is 5.92 Å². The van der Waals surface area contributed by atoms with Crippen LogP contribution in [0.5, 0.6) is 0 Å². The van der Waals surface area contributed by atoms with Gasteiger partial charge in [0.2, 0.25) is 11.8 Å². The fourth-order valence-electron chi connectivity index (χ4n) is 2.41. The highest BCUT2D eigenvalue weighted by molar-refractivity contribution is 7.14. The molecule has 7 nitrogen and oxygen atoms in total. The molecule has 0 fully saturated rings. The SMILES string of the molecule is O=C(CCc1csc(NC(=O)C2C=CC=NC2=O)n1)NCCc1cccs1. The largest absolute Gasteiger partial charge is 0.356 e. The van der Waals surface area contributed by atoms with Crippen molar-refractivity contribution in [2.45, 2.75) is 19.3 Å². The van der Waals surface area contributed by atoms with E-state index in [9.17, 15) is 14.4 Å². The van der Waals surface area contributed by atoms with Crippen molar-refractivity contribution in [3.05, 3.63) is 45.6 Å². The number of rotatable bonds is 8. The molecule has 2 N–H and O–H groups in total. The monoisotopic (exact) mass is 402 g/mol. The Morgan fingerprint density at radius 1 is 1.22 bits per heavy atom. The number of anilines is 1. The molecule has 1 aliphatic heterocycles. The van der Waals surface area contributed by atoms with Gasteiger partial charge in [0, 0.05) is 29.4 Å². The zero-order chi connectivity index (χ0) is 19.1. The molecule has 2 aromatic heterocycles. The van der Waals surface area contributed by atoms with Gasteiger partial charge in [0.1, 0.15) is 5.92 Å². The summed E-state index contributed by atoms with van der Waals surface area (Å²) in [6.45, 7) is 0.614. The van der Waals surface area contributed by atoms with E-state index in [2.05, 4.69) is 20.6 Å². The van der Waals surface area contributed by atoms with E-state index >= 15 is 0 Å². The number of amides is 3. The Bertz CT molecular complexity index is 871. The summed E-state index contributed by atoms with van der Waals surface area (Å²) in [6, 6.07) is 4.04. The molecular weight excluding hydrogens is 384 g/mol. The lowest BCUT2D eigenvalue weighted by Gasteiger charge is -2.09. The summed E-state index contributed by atoms with van der Waals surface area (Å²) >= 11 is 2.94. The number of nitrogens with one attached hydrogen (secondary N) is 2. The number of carbonyl (C=O) groups is 3. The van der Waals surface area contributed by atoms with Gasteiger partial charge < -0.3 is 10.6 Å². The number of hydrogen-bond acceptors (Lipinski definition) is 6. The Kier molecular flexibility index (Phi) is 6.61. The van der Waals surface area contributed by atoms with Gasteiger partial charge in [-0.05, 0) is 30.4 Å². The van der Waals surface area contributed by atoms with Crippen molar-refractivity contribution >= 4 is 51.7 Å². The van der Waals surface area contributed by atoms with Crippen LogP contribution in [0.1, 0.15) is 17.0 Å². The molecule has 1 aliphatic rings. The summed E-state index contributed by atoms with van der Waals surface area (Å²) < 4.78 is 0. The topological polar surface area (TPSA) is 101 Å². The fourth-order valence-corrected chi connectivity index (χ4v) is 3.87. The van der Waals surface area contributed by atoms with Gasteiger partial charge in [-0.25, -0.2) is 9.98 Å². The zero-order valence-electron chi connectivity index (χ0n) is 14.4. The van der Waals surface area contributed by atoms with E-state index in [1.165, 1.54) is 28.5 Å². The maximum atomic E-state index is 12.1. The second-order valence-electron chi connectivity index (χ2n) is 5.79. The zero-order valence-corrected chi connectivity index (χ0v) is 16.0. The second kappa shape index (κ2) is 9.33. The Morgan fingerprint density at radius 2 is 2.11 bits per heavy atom. The Balaban J connectivity index is 1.40. The van der Waals surface area contributed by atoms with Crippen molar-refractivity contribution in [1.82, 2.24) is 10.3 Å². The van der Waals surface area contributed by atoms with Crippen LogP contribution in [-0.4, -0.2) is 35.5 Å². The van der Waals surface area contributed by atoms with Crippen LogP contribution >= 0.6 is 22.7 Å². The highest BCUT2D eigenvalue weighted by Crippen LogP contribution is 2.18. The highest BCUT2D eigenvalue weighted by atomic mass is 32.1. The molecule has 0 aromatic carbocycles. The van der Waals surface area contributed by atoms with Gasteiger partial charge in [0.15, 0.2) is 5.13 Å². The normalized spacial score (nSPS) is 15.7. The van der Waals surface area contributed by atoms with E-state index in [1.807, 2.05) is 17.5 Å². The molecule has 27 heavy (non-hydrogen) atoms. The molecule has 2 aromatic rings.